The number of hydrogen-bond donors (Lipinski definition) is 1. The Morgan fingerprint density at radius 3 is 2.44 bits per heavy atom. The van der Waals surface area contributed by atoms with E-state index in [0.29, 0.717) is 6.42 Å². The molecule has 0 amide bonds. The van der Waals surface area contributed by atoms with Crippen molar-refractivity contribution >= 4 is 17.3 Å². The highest BCUT2D eigenvalue weighted by atomic mass is 16.4. The first-order chi connectivity index (χ1) is 8.77. The summed E-state index contributed by atoms with van der Waals surface area (Å²) in [5.41, 5.74) is 3.01. The lowest BCUT2D eigenvalue weighted by Gasteiger charge is -2.24. The van der Waals surface area contributed by atoms with Crippen molar-refractivity contribution in [3.8, 4) is 0 Å². The monoisotopic (exact) mass is 239 g/mol. The Morgan fingerprint density at radius 2 is 1.72 bits per heavy atom. The molecule has 0 fully saturated rings. The molecule has 0 saturated heterocycles. The van der Waals surface area contributed by atoms with Gasteiger partial charge < -0.3 is 10.0 Å². The quantitative estimate of drug-likeness (QED) is 0.876. The van der Waals surface area contributed by atoms with Crippen LogP contribution < -0.4 is 4.90 Å². The minimum absolute atomic E-state index is 0.509. The molecule has 2 aromatic carbocycles. The number of benzene rings is 2. The zero-order valence-electron chi connectivity index (χ0n) is 9.78. The second-order valence-electron chi connectivity index (χ2n) is 4.39. The third kappa shape index (κ3) is 1.64. The molecular formula is C15H13NO2. The fraction of sp³-hybridized carbons (Fsp3) is 0.133. The third-order valence-corrected chi connectivity index (χ3v) is 3.30. The van der Waals surface area contributed by atoms with Gasteiger partial charge >= 0.3 is 5.97 Å². The predicted octanol–water partition coefficient (Wildman–Crippen LogP) is 2.83. The van der Waals surface area contributed by atoms with Gasteiger partial charge in [-0.15, -0.1) is 0 Å². The van der Waals surface area contributed by atoms with E-state index in [0.717, 1.165) is 16.9 Å². The summed E-state index contributed by atoms with van der Waals surface area (Å²) < 4.78 is 0. The number of anilines is 2. The SMILES string of the molecule is O=C(O)[C@H]1Cc2ccccc2N1c1ccccc1. The first-order valence-electron chi connectivity index (χ1n) is 5.92. The smallest absolute Gasteiger partial charge is 0.327 e. The molecule has 1 aliphatic rings. The molecule has 3 nitrogen and oxygen atoms in total. The first kappa shape index (κ1) is 10.8. The van der Waals surface area contributed by atoms with Crippen LogP contribution in [0.2, 0.25) is 0 Å². The van der Waals surface area contributed by atoms with Gasteiger partial charge in [-0.05, 0) is 23.8 Å². The van der Waals surface area contributed by atoms with E-state index < -0.39 is 12.0 Å². The van der Waals surface area contributed by atoms with E-state index in [-0.39, 0.29) is 0 Å². The van der Waals surface area contributed by atoms with Crippen LogP contribution in [-0.2, 0) is 11.2 Å². The van der Waals surface area contributed by atoms with E-state index in [1.807, 2.05) is 59.5 Å². The maximum Gasteiger partial charge on any atom is 0.327 e. The molecule has 0 spiro atoms. The van der Waals surface area contributed by atoms with Crippen molar-refractivity contribution in [3.05, 3.63) is 60.2 Å². The number of nitrogens with zero attached hydrogens (tertiary/aromatic N) is 1. The second kappa shape index (κ2) is 4.18. The predicted molar refractivity (Wildman–Crippen MR) is 70.2 cm³/mol. The Balaban J connectivity index is 2.11. The second-order valence-corrected chi connectivity index (χ2v) is 4.39. The number of carboxylic acid groups (broad SMARTS) is 1. The largest absolute Gasteiger partial charge is 0.480 e. The number of rotatable bonds is 2. The molecule has 2 aromatic rings. The average molecular weight is 239 g/mol. The zero-order valence-corrected chi connectivity index (χ0v) is 9.78. The Labute approximate surface area is 105 Å². The van der Waals surface area contributed by atoms with Gasteiger partial charge in [0.25, 0.3) is 0 Å². The van der Waals surface area contributed by atoms with Crippen LogP contribution in [0.1, 0.15) is 5.56 Å². The fourth-order valence-corrected chi connectivity index (χ4v) is 2.49. The van der Waals surface area contributed by atoms with Gasteiger partial charge in [-0.1, -0.05) is 36.4 Å². The van der Waals surface area contributed by atoms with Crippen LogP contribution in [0.25, 0.3) is 0 Å². The standard InChI is InChI=1S/C15H13NO2/c17-15(18)14-10-11-6-4-5-9-13(11)16(14)12-7-2-1-3-8-12/h1-9,14H,10H2,(H,17,18)/t14-/m1/s1. The van der Waals surface area contributed by atoms with Crippen molar-refractivity contribution in [3.63, 3.8) is 0 Å². The summed E-state index contributed by atoms with van der Waals surface area (Å²) in [5, 5.41) is 9.38. The van der Waals surface area contributed by atoms with E-state index >= 15 is 0 Å². The molecule has 0 bridgehead atoms. The van der Waals surface area contributed by atoms with Crippen LogP contribution in [0.4, 0.5) is 11.4 Å². The fourth-order valence-electron chi connectivity index (χ4n) is 2.49. The molecule has 3 rings (SSSR count). The number of carboxylic acids is 1. The lowest BCUT2D eigenvalue weighted by molar-refractivity contribution is -0.138. The van der Waals surface area contributed by atoms with Gasteiger partial charge in [0.05, 0.1) is 0 Å². The summed E-state index contributed by atoms with van der Waals surface area (Å²) in [4.78, 5) is 13.3. The van der Waals surface area contributed by atoms with Crippen LogP contribution in [0.5, 0.6) is 0 Å². The normalized spacial score (nSPS) is 17.6. The molecule has 0 aromatic heterocycles. The molecule has 90 valence electrons. The average Bonchev–Trinajstić information content (AvgIpc) is 2.79. The molecule has 1 heterocycles. The summed E-state index contributed by atoms with van der Waals surface area (Å²) in [5.74, 6) is -0.782. The topological polar surface area (TPSA) is 40.5 Å². The molecular weight excluding hydrogens is 226 g/mol. The summed E-state index contributed by atoms with van der Waals surface area (Å²) >= 11 is 0. The van der Waals surface area contributed by atoms with Crippen molar-refractivity contribution in [2.24, 2.45) is 0 Å². The van der Waals surface area contributed by atoms with E-state index in [1.54, 1.807) is 0 Å². The minimum atomic E-state index is -0.782. The maximum atomic E-state index is 11.4. The number of carbonyl (C=O) groups is 1. The van der Waals surface area contributed by atoms with E-state index in [4.69, 9.17) is 0 Å². The van der Waals surface area contributed by atoms with Gasteiger partial charge in [0, 0.05) is 17.8 Å². The van der Waals surface area contributed by atoms with Crippen LogP contribution in [0.15, 0.2) is 54.6 Å². The minimum Gasteiger partial charge on any atom is -0.480 e. The van der Waals surface area contributed by atoms with Gasteiger partial charge in [0.1, 0.15) is 6.04 Å². The van der Waals surface area contributed by atoms with Gasteiger partial charge in [0.15, 0.2) is 0 Å². The number of para-hydroxylation sites is 2. The number of hydrogen-bond acceptors (Lipinski definition) is 2. The third-order valence-electron chi connectivity index (χ3n) is 3.30. The molecule has 18 heavy (non-hydrogen) atoms. The van der Waals surface area contributed by atoms with E-state index in [2.05, 4.69) is 0 Å². The van der Waals surface area contributed by atoms with Crippen molar-refractivity contribution in [2.75, 3.05) is 4.90 Å². The highest BCUT2D eigenvalue weighted by Gasteiger charge is 2.34. The molecule has 1 aliphatic heterocycles. The zero-order chi connectivity index (χ0) is 12.5. The van der Waals surface area contributed by atoms with Gasteiger partial charge in [-0.2, -0.15) is 0 Å². The van der Waals surface area contributed by atoms with Gasteiger partial charge in [0.2, 0.25) is 0 Å². The van der Waals surface area contributed by atoms with Gasteiger partial charge in [-0.3, -0.25) is 0 Å². The van der Waals surface area contributed by atoms with Crippen molar-refractivity contribution < 1.29 is 9.90 Å². The number of aliphatic carboxylic acids is 1. The molecule has 0 saturated carbocycles. The van der Waals surface area contributed by atoms with Crippen molar-refractivity contribution in [2.45, 2.75) is 12.5 Å². The van der Waals surface area contributed by atoms with Crippen LogP contribution in [0.3, 0.4) is 0 Å². The Morgan fingerprint density at radius 1 is 1.06 bits per heavy atom. The Bertz CT molecular complexity index is 580. The molecule has 1 atom stereocenters. The highest BCUT2D eigenvalue weighted by Crippen LogP contribution is 2.37. The first-order valence-corrected chi connectivity index (χ1v) is 5.92. The maximum absolute atomic E-state index is 11.4. The summed E-state index contributed by atoms with van der Waals surface area (Å²) in [7, 11) is 0. The van der Waals surface area contributed by atoms with E-state index in [1.165, 1.54) is 0 Å². The Hall–Kier alpha value is -2.29. The molecule has 3 heteroatoms. The van der Waals surface area contributed by atoms with Crippen LogP contribution in [0, 0.1) is 0 Å². The van der Waals surface area contributed by atoms with Crippen molar-refractivity contribution in [1.29, 1.82) is 0 Å². The number of fused-ring (bicyclic) bond motifs is 1. The molecule has 0 aliphatic carbocycles. The molecule has 0 radical (unpaired) electrons. The Kier molecular flexibility index (Phi) is 2.52. The summed E-state index contributed by atoms with van der Waals surface area (Å²) in [6, 6.07) is 17.0. The lowest BCUT2D eigenvalue weighted by Crippen LogP contribution is -2.35. The summed E-state index contributed by atoms with van der Waals surface area (Å²) in [6.45, 7) is 0. The lowest BCUT2D eigenvalue weighted by atomic mass is 10.1. The van der Waals surface area contributed by atoms with E-state index in [9.17, 15) is 9.90 Å². The van der Waals surface area contributed by atoms with Crippen molar-refractivity contribution in [1.82, 2.24) is 0 Å². The molecule has 0 unspecified atom stereocenters. The van der Waals surface area contributed by atoms with Crippen LogP contribution >= 0.6 is 0 Å². The summed E-state index contributed by atoms with van der Waals surface area (Å²) in [6.07, 6.45) is 0.556. The molecule has 1 N–H and O–H groups in total. The van der Waals surface area contributed by atoms with Crippen LogP contribution in [-0.4, -0.2) is 17.1 Å². The highest BCUT2D eigenvalue weighted by molar-refractivity contribution is 5.87. The van der Waals surface area contributed by atoms with Gasteiger partial charge in [-0.25, -0.2) is 4.79 Å².